The molecule has 1 saturated heterocycles. The zero-order valence-electron chi connectivity index (χ0n) is 25.8. The third kappa shape index (κ3) is 6.28. The lowest BCUT2D eigenvalue weighted by Gasteiger charge is -2.31. The van der Waals surface area contributed by atoms with Crippen molar-refractivity contribution in [3.05, 3.63) is 53.2 Å². The summed E-state index contributed by atoms with van der Waals surface area (Å²) in [5, 5.41) is 23.2. The van der Waals surface area contributed by atoms with Crippen LogP contribution >= 0.6 is 0 Å². The number of nitrogens with one attached hydrogen (secondary N) is 3. The Kier molecular flexibility index (Phi) is 8.69. The van der Waals surface area contributed by atoms with E-state index in [0.29, 0.717) is 52.8 Å². The van der Waals surface area contributed by atoms with Gasteiger partial charge in [-0.2, -0.15) is 15.1 Å². The van der Waals surface area contributed by atoms with Crippen molar-refractivity contribution in [2.45, 2.75) is 76.6 Å². The zero-order chi connectivity index (χ0) is 31.8. The van der Waals surface area contributed by atoms with Gasteiger partial charge in [0, 0.05) is 13.1 Å². The first kappa shape index (κ1) is 31.0. The maximum Gasteiger partial charge on any atom is 0.407 e. The number of hydrogen-bond donors (Lipinski definition) is 4. The topological polar surface area (TPSA) is 162 Å². The number of sulfone groups is 1. The van der Waals surface area contributed by atoms with E-state index >= 15 is 0 Å². The fourth-order valence-electron chi connectivity index (χ4n) is 5.52. The largest absolute Gasteiger partial charge is 0.489 e. The number of ether oxygens (including phenoxy) is 1. The number of carboxylic acid groups (broad SMARTS) is 1. The fraction of sp³-hybridized carbons (Fsp3) is 0.419. The van der Waals surface area contributed by atoms with E-state index < -0.39 is 21.2 Å². The van der Waals surface area contributed by atoms with Gasteiger partial charge in [-0.05, 0) is 95.7 Å². The second-order valence-electron chi connectivity index (χ2n) is 11.7. The molecule has 0 saturated carbocycles. The third-order valence-corrected chi connectivity index (χ3v) is 10.1. The molecule has 0 aliphatic carbocycles. The van der Waals surface area contributed by atoms with Crippen LogP contribution in [-0.2, 0) is 9.84 Å². The van der Waals surface area contributed by atoms with Gasteiger partial charge in [-0.3, -0.25) is 5.10 Å². The highest BCUT2D eigenvalue weighted by atomic mass is 32.2. The molecule has 0 atom stereocenters. The Labute approximate surface area is 257 Å². The van der Waals surface area contributed by atoms with Crippen LogP contribution in [0.15, 0.2) is 41.3 Å². The molecule has 13 heteroatoms. The lowest BCUT2D eigenvalue weighted by atomic mass is 9.86. The number of aromatic nitrogens is 4. The molecule has 0 bridgehead atoms. The number of amides is 1. The molecule has 4 N–H and O–H groups in total. The lowest BCUT2D eigenvalue weighted by molar-refractivity contribution is 0.132. The molecule has 5 rings (SSSR count). The SMILES string of the molecule is Cc1cc(Nc2nc(Nc3ccccc3S(=O)(=O)C(C)C)c3c(C)n[nH]c3n2)c(OC(C)C)cc1C1CCN(C(=O)O)CC1. The minimum absolute atomic E-state index is 0.102. The molecule has 12 nitrogen and oxygen atoms in total. The Morgan fingerprint density at radius 1 is 1.05 bits per heavy atom. The minimum Gasteiger partial charge on any atom is -0.489 e. The van der Waals surface area contributed by atoms with Gasteiger partial charge >= 0.3 is 6.09 Å². The van der Waals surface area contributed by atoms with Crippen molar-refractivity contribution in [1.29, 1.82) is 0 Å². The molecule has 0 unspecified atom stereocenters. The predicted octanol–water partition coefficient (Wildman–Crippen LogP) is 6.28. The zero-order valence-corrected chi connectivity index (χ0v) is 26.6. The summed E-state index contributed by atoms with van der Waals surface area (Å²) in [7, 11) is -3.57. The number of hydrogen-bond acceptors (Lipinski definition) is 9. The van der Waals surface area contributed by atoms with Crippen LogP contribution in [0.5, 0.6) is 5.75 Å². The van der Waals surface area contributed by atoms with Crippen LogP contribution in [0.3, 0.4) is 0 Å². The predicted molar refractivity (Wildman–Crippen MR) is 170 cm³/mol. The van der Waals surface area contributed by atoms with E-state index in [9.17, 15) is 18.3 Å². The monoisotopic (exact) mass is 621 g/mol. The van der Waals surface area contributed by atoms with Crippen molar-refractivity contribution in [3.63, 3.8) is 0 Å². The van der Waals surface area contributed by atoms with Crippen LogP contribution in [0.1, 0.15) is 63.3 Å². The van der Waals surface area contributed by atoms with Crippen LogP contribution in [0, 0.1) is 13.8 Å². The van der Waals surface area contributed by atoms with Crippen LogP contribution < -0.4 is 15.4 Å². The highest BCUT2D eigenvalue weighted by Crippen LogP contribution is 2.39. The molecule has 2 aromatic carbocycles. The normalized spacial score (nSPS) is 14.4. The van der Waals surface area contributed by atoms with E-state index in [1.807, 2.05) is 39.8 Å². The molecular weight excluding hydrogens is 582 g/mol. The maximum atomic E-state index is 13.1. The Bertz CT molecular complexity index is 1790. The van der Waals surface area contributed by atoms with Crippen LogP contribution in [0.4, 0.5) is 27.9 Å². The molecular formula is C31H39N7O5S. The Balaban J connectivity index is 1.52. The Hall–Kier alpha value is -4.39. The van der Waals surface area contributed by atoms with Gasteiger partial charge in [0.1, 0.15) is 11.6 Å². The van der Waals surface area contributed by atoms with Crippen molar-refractivity contribution in [2.75, 3.05) is 23.7 Å². The molecule has 0 radical (unpaired) electrons. The molecule has 234 valence electrons. The van der Waals surface area contributed by atoms with E-state index in [2.05, 4.69) is 25.8 Å². The molecule has 1 amide bonds. The molecule has 3 heterocycles. The molecule has 0 spiro atoms. The standard InChI is InChI=1S/C31H39N7O5S/c1-17(2)43-25-16-22(21-11-13-38(14-12-21)31(39)40)19(5)15-24(25)33-30-34-28(27-20(6)36-37-29(27)35-30)32-23-9-7-8-10-26(23)44(41,42)18(3)4/h7-10,15-18,21H,11-14H2,1-6H3,(H,39,40)(H3,32,33,34,35,36,37). The number of piperidine rings is 1. The van der Waals surface area contributed by atoms with E-state index in [-0.39, 0.29) is 22.9 Å². The fourth-order valence-corrected chi connectivity index (χ4v) is 6.72. The van der Waals surface area contributed by atoms with E-state index in [1.54, 1.807) is 38.1 Å². The lowest BCUT2D eigenvalue weighted by Crippen LogP contribution is -2.36. The minimum atomic E-state index is -3.57. The number of aromatic amines is 1. The van der Waals surface area contributed by atoms with Gasteiger partial charge in [0.15, 0.2) is 15.5 Å². The van der Waals surface area contributed by atoms with E-state index in [1.165, 1.54) is 4.90 Å². The Morgan fingerprint density at radius 2 is 1.75 bits per heavy atom. The smallest absolute Gasteiger partial charge is 0.407 e. The average Bonchev–Trinajstić information content (AvgIpc) is 3.35. The summed E-state index contributed by atoms with van der Waals surface area (Å²) < 4.78 is 32.5. The van der Waals surface area contributed by atoms with Gasteiger partial charge in [-0.1, -0.05) is 12.1 Å². The maximum absolute atomic E-state index is 13.1. The second kappa shape index (κ2) is 12.3. The summed E-state index contributed by atoms with van der Waals surface area (Å²) >= 11 is 0. The van der Waals surface area contributed by atoms with Crippen LogP contribution in [-0.4, -0.2) is 69.1 Å². The first-order chi connectivity index (χ1) is 20.8. The molecule has 1 fully saturated rings. The summed E-state index contributed by atoms with van der Waals surface area (Å²) in [5.74, 6) is 1.52. The first-order valence-corrected chi connectivity index (χ1v) is 16.3. The number of nitrogens with zero attached hydrogens (tertiary/aromatic N) is 4. The number of para-hydroxylation sites is 1. The first-order valence-electron chi connectivity index (χ1n) is 14.7. The molecule has 1 aliphatic heterocycles. The summed E-state index contributed by atoms with van der Waals surface area (Å²) in [5.41, 5.74) is 4.40. The molecule has 4 aromatic rings. The van der Waals surface area contributed by atoms with Crippen molar-refractivity contribution < 1.29 is 23.1 Å². The number of rotatable bonds is 9. The molecule has 44 heavy (non-hydrogen) atoms. The number of H-pyrrole nitrogens is 1. The summed E-state index contributed by atoms with van der Waals surface area (Å²) in [6.45, 7) is 12.1. The number of aryl methyl sites for hydroxylation is 2. The van der Waals surface area contributed by atoms with Crippen LogP contribution in [0.25, 0.3) is 11.0 Å². The average molecular weight is 622 g/mol. The van der Waals surface area contributed by atoms with Gasteiger partial charge in [-0.15, -0.1) is 0 Å². The number of fused-ring (bicyclic) bond motifs is 1. The number of carbonyl (C=O) groups is 1. The van der Waals surface area contributed by atoms with Gasteiger partial charge in [-0.25, -0.2) is 13.2 Å². The summed E-state index contributed by atoms with van der Waals surface area (Å²) in [6, 6.07) is 10.8. The number of anilines is 4. The van der Waals surface area contributed by atoms with Gasteiger partial charge in [0.25, 0.3) is 0 Å². The molecule has 1 aliphatic rings. The summed E-state index contributed by atoms with van der Waals surface area (Å²) in [6.07, 6.45) is 0.494. The summed E-state index contributed by atoms with van der Waals surface area (Å²) in [4.78, 5) is 22.5. The molecule has 2 aromatic heterocycles. The number of likely N-dealkylation sites (tertiary alicyclic amines) is 1. The van der Waals surface area contributed by atoms with E-state index in [0.717, 1.165) is 24.0 Å². The van der Waals surface area contributed by atoms with Gasteiger partial charge in [0.2, 0.25) is 5.95 Å². The van der Waals surface area contributed by atoms with Crippen molar-refractivity contribution in [1.82, 2.24) is 25.1 Å². The van der Waals surface area contributed by atoms with Gasteiger partial charge in [0.05, 0.1) is 38.7 Å². The quantitative estimate of drug-likeness (QED) is 0.167. The van der Waals surface area contributed by atoms with Gasteiger partial charge < -0.3 is 25.4 Å². The highest BCUT2D eigenvalue weighted by molar-refractivity contribution is 7.92. The number of benzene rings is 2. The Morgan fingerprint density at radius 3 is 2.41 bits per heavy atom. The third-order valence-electron chi connectivity index (χ3n) is 7.85. The van der Waals surface area contributed by atoms with Crippen LogP contribution in [0.2, 0.25) is 0 Å². The van der Waals surface area contributed by atoms with Crippen molar-refractivity contribution in [2.24, 2.45) is 0 Å². The second-order valence-corrected chi connectivity index (χ2v) is 14.2. The van der Waals surface area contributed by atoms with Crippen molar-refractivity contribution >= 4 is 50.1 Å². The highest BCUT2D eigenvalue weighted by Gasteiger charge is 2.27. The van der Waals surface area contributed by atoms with Crippen molar-refractivity contribution in [3.8, 4) is 5.75 Å². The van der Waals surface area contributed by atoms with E-state index in [4.69, 9.17) is 9.72 Å².